The number of hydrogen-bond donors (Lipinski definition) is 1. The number of likely N-dealkylation sites (tertiary alicyclic amines) is 1. The first-order valence-electron chi connectivity index (χ1n) is 9.14. The Morgan fingerprint density at radius 2 is 2.00 bits per heavy atom. The molecule has 0 bridgehead atoms. The molecule has 1 aromatic carbocycles. The molecule has 2 heterocycles. The highest BCUT2D eigenvalue weighted by Crippen LogP contribution is 2.22. The first-order valence-corrected chi connectivity index (χ1v) is 9.14. The van der Waals surface area contributed by atoms with Crippen LogP contribution in [0.5, 0.6) is 0 Å². The number of amides is 1. The number of aromatic nitrogens is 1. The van der Waals surface area contributed by atoms with E-state index in [4.69, 9.17) is 6.42 Å². The molecule has 4 nitrogen and oxygen atoms in total. The van der Waals surface area contributed by atoms with Crippen molar-refractivity contribution in [3.05, 3.63) is 54.4 Å². The molecule has 2 aromatic rings. The molecule has 1 aromatic heterocycles. The zero-order valence-electron chi connectivity index (χ0n) is 15.2. The van der Waals surface area contributed by atoms with Gasteiger partial charge in [0.1, 0.15) is 0 Å². The number of terminal acetylenes is 1. The van der Waals surface area contributed by atoms with Gasteiger partial charge in [0.2, 0.25) is 5.91 Å². The Morgan fingerprint density at radius 3 is 2.62 bits per heavy atom. The maximum atomic E-state index is 12.6. The number of piperidine rings is 1. The van der Waals surface area contributed by atoms with Gasteiger partial charge >= 0.3 is 0 Å². The molecule has 4 heteroatoms. The Kier molecular flexibility index (Phi) is 6.04. The fourth-order valence-electron chi connectivity index (χ4n) is 3.39. The van der Waals surface area contributed by atoms with Crippen LogP contribution in [0.4, 0.5) is 0 Å². The van der Waals surface area contributed by atoms with Crippen LogP contribution in [0, 0.1) is 18.3 Å². The van der Waals surface area contributed by atoms with Gasteiger partial charge in [0.15, 0.2) is 0 Å². The number of nitrogens with zero attached hydrogens (tertiary/aromatic N) is 2. The summed E-state index contributed by atoms with van der Waals surface area (Å²) in [5, 5.41) is 3.16. The van der Waals surface area contributed by atoms with E-state index >= 15 is 0 Å². The number of carbonyl (C=O) groups excluding carboxylic acids is 1. The Labute approximate surface area is 155 Å². The lowest BCUT2D eigenvalue weighted by molar-refractivity contribution is -0.127. The molecule has 1 atom stereocenters. The van der Waals surface area contributed by atoms with E-state index in [0.717, 1.165) is 42.6 Å². The number of rotatable bonds is 5. The van der Waals surface area contributed by atoms with Crippen molar-refractivity contribution in [1.82, 2.24) is 15.2 Å². The largest absolute Gasteiger partial charge is 0.349 e. The van der Waals surface area contributed by atoms with Crippen molar-refractivity contribution in [3.63, 3.8) is 0 Å². The third kappa shape index (κ3) is 4.50. The van der Waals surface area contributed by atoms with Crippen LogP contribution < -0.4 is 5.32 Å². The first kappa shape index (κ1) is 18.2. The predicted octanol–water partition coefficient (Wildman–Crippen LogP) is 3.27. The predicted molar refractivity (Wildman–Crippen MR) is 104 cm³/mol. The molecular formula is C22H25N3O. The van der Waals surface area contributed by atoms with Crippen LogP contribution in [0.25, 0.3) is 11.1 Å². The third-order valence-electron chi connectivity index (χ3n) is 5.04. The summed E-state index contributed by atoms with van der Waals surface area (Å²) in [5.74, 6) is 2.90. The van der Waals surface area contributed by atoms with Crippen molar-refractivity contribution in [1.29, 1.82) is 0 Å². The lowest BCUT2D eigenvalue weighted by Gasteiger charge is -2.30. The van der Waals surface area contributed by atoms with E-state index in [1.165, 1.54) is 0 Å². The van der Waals surface area contributed by atoms with Crippen molar-refractivity contribution >= 4 is 5.91 Å². The molecular weight excluding hydrogens is 322 g/mol. The van der Waals surface area contributed by atoms with Crippen molar-refractivity contribution < 1.29 is 4.79 Å². The summed E-state index contributed by atoms with van der Waals surface area (Å²) >= 11 is 0. The highest BCUT2D eigenvalue weighted by molar-refractivity contribution is 5.79. The van der Waals surface area contributed by atoms with E-state index in [0.29, 0.717) is 6.54 Å². The summed E-state index contributed by atoms with van der Waals surface area (Å²) in [6, 6.07) is 12.3. The number of benzene rings is 1. The minimum atomic E-state index is -0.00538. The molecule has 134 valence electrons. The van der Waals surface area contributed by atoms with E-state index < -0.39 is 0 Å². The zero-order chi connectivity index (χ0) is 18.4. The molecule has 1 fully saturated rings. The van der Waals surface area contributed by atoms with Gasteiger partial charge in [-0.3, -0.25) is 14.7 Å². The van der Waals surface area contributed by atoms with Crippen molar-refractivity contribution in [2.24, 2.45) is 5.92 Å². The molecule has 1 aliphatic heterocycles. The van der Waals surface area contributed by atoms with Crippen LogP contribution in [0.15, 0.2) is 48.8 Å². The quantitative estimate of drug-likeness (QED) is 0.845. The summed E-state index contributed by atoms with van der Waals surface area (Å²) in [6.45, 7) is 4.51. The summed E-state index contributed by atoms with van der Waals surface area (Å²) in [6.07, 6.45) is 10.7. The number of hydrogen-bond acceptors (Lipinski definition) is 3. The second-order valence-electron chi connectivity index (χ2n) is 6.85. The second kappa shape index (κ2) is 8.64. The summed E-state index contributed by atoms with van der Waals surface area (Å²) in [7, 11) is 0. The first-order chi connectivity index (χ1) is 12.7. The maximum absolute atomic E-state index is 12.6. The summed E-state index contributed by atoms with van der Waals surface area (Å²) < 4.78 is 0. The molecule has 0 radical (unpaired) electrons. The second-order valence-corrected chi connectivity index (χ2v) is 6.85. The average Bonchev–Trinajstić information content (AvgIpc) is 2.69. The van der Waals surface area contributed by atoms with E-state index in [2.05, 4.69) is 45.4 Å². The minimum absolute atomic E-state index is 0.00538. The Morgan fingerprint density at radius 1 is 1.27 bits per heavy atom. The SMILES string of the molecule is C#CCN1CCC(C(=O)N[C@@H](C)c2ccc(-c3cccnc3)cc2)CC1. The number of nitrogens with one attached hydrogen (secondary N) is 1. The van der Waals surface area contributed by atoms with Gasteiger partial charge in [-0.1, -0.05) is 36.3 Å². The Balaban J connectivity index is 1.55. The molecule has 0 unspecified atom stereocenters. The lowest BCUT2D eigenvalue weighted by atomic mass is 9.95. The monoisotopic (exact) mass is 347 g/mol. The van der Waals surface area contributed by atoms with Gasteiger partial charge in [0, 0.05) is 18.3 Å². The van der Waals surface area contributed by atoms with E-state index in [9.17, 15) is 4.79 Å². The standard InChI is InChI=1S/C22H25N3O/c1-3-13-25-14-10-20(11-15-25)22(26)24-17(2)18-6-8-19(9-7-18)21-5-4-12-23-16-21/h1,4-9,12,16-17,20H,10-11,13-15H2,2H3,(H,24,26)/t17-/m0/s1. The van der Waals surface area contributed by atoms with Crippen LogP contribution in [0.2, 0.25) is 0 Å². The van der Waals surface area contributed by atoms with Gasteiger partial charge in [-0.15, -0.1) is 6.42 Å². The number of pyridine rings is 1. The van der Waals surface area contributed by atoms with Crippen LogP contribution >= 0.6 is 0 Å². The highest BCUT2D eigenvalue weighted by Gasteiger charge is 2.25. The van der Waals surface area contributed by atoms with Crippen molar-refractivity contribution in [2.45, 2.75) is 25.8 Å². The topological polar surface area (TPSA) is 45.2 Å². The molecule has 1 aliphatic rings. The number of carbonyl (C=O) groups is 1. The maximum Gasteiger partial charge on any atom is 0.223 e. The fourth-order valence-corrected chi connectivity index (χ4v) is 3.39. The van der Waals surface area contributed by atoms with Crippen LogP contribution in [0.3, 0.4) is 0 Å². The van der Waals surface area contributed by atoms with Gasteiger partial charge in [-0.2, -0.15) is 0 Å². The van der Waals surface area contributed by atoms with Crippen LogP contribution in [-0.4, -0.2) is 35.4 Å². The molecule has 0 spiro atoms. The minimum Gasteiger partial charge on any atom is -0.349 e. The van der Waals surface area contributed by atoms with E-state index in [1.807, 2.05) is 25.3 Å². The third-order valence-corrected chi connectivity index (χ3v) is 5.04. The van der Waals surface area contributed by atoms with Gasteiger partial charge in [-0.25, -0.2) is 0 Å². The Bertz CT molecular complexity index is 756. The molecule has 26 heavy (non-hydrogen) atoms. The molecule has 0 aliphatic carbocycles. The van der Waals surface area contributed by atoms with Gasteiger partial charge in [0.05, 0.1) is 12.6 Å². The van der Waals surface area contributed by atoms with E-state index in [-0.39, 0.29) is 17.9 Å². The van der Waals surface area contributed by atoms with Gasteiger partial charge in [0.25, 0.3) is 0 Å². The molecule has 3 rings (SSSR count). The fraction of sp³-hybridized carbons (Fsp3) is 0.364. The van der Waals surface area contributed by atoms with Crippen molar-refractivity contribution in [3.8, 4) is 23.5 Å². The van der Waals surface area contributed by atoms with Gasteiger partial charge in [-0.05, 0) is 55.6 Å². The summed E-state index contributed by atoms with van der Waals surface area (Å²) in [5.41, 5.74) is 3.33. The van der Waals surface area contributed by atoms with Gasteiger partial charge < -0.3 is 5.32 Å². The smallest absolute Gasteiger partial charge is 0.223 e. The molecule has 1 saturated heterocycles. The Hall–Kier alpha value is -2.64. The van der Waals surface area contributed by atoms with Crippen LogP contribution in [-0.2, 0) is 4.79 Å². The van der Waals surface area contributed by atoms with E-state index in [1.54, 1.807) is 6.20 Å². The zero-order valence-corrected chi connectivity index (χ0v) is 15.2. The molecule has 1 N–H and O–H groups in total. The average molecular weight is 347 g/mol. The highest BCUT2D eigenvalue weighted by atomic mass is 16.1. The molecule has 0 saturated carbocycles. The van der Waals surface area contributed by atoms with Crippen LogP contribution in [0.1, 0.15) is 31.4 Å². The lowest BCUT2D eigenvalue weighted by Crippen LogP contribution is -2.41. The normalized spacial score (nSPS) is 16.6. The summed E-state index contributed by atoms with van der Waals surface area (Å²) in [4.78, 5) is 18.9. The van der Waals surface area contributed by atoms with Crippen molar-refractivity contribution in [2.75, 3.05) is 19.6 Å². The molecule has 1 amide bonds.